The number of ether oxygens (including phenoxy) is 1. The van der Waals surface area contributed by atoms with Crippen molar-refractivity contribution in [2.45, 2.75) is 12.0 Å². The second-order valence-corrected chi connectivity index (χ2v) is 4.24. The van der Waals surface area contributed by atoms with Gasteiger partial charge in [-0.3, -0.25) is 4.79 Å². The van der Waals surface area contributed by atoms with Gasteiger partial charge in [0.2, 0.25) is 0 Å². The summed E-state index contributed by atoms with van der Waals surface area (Å²) >= 11 is 0. The van der Waals surface area contributed by atoms with Crippen LogP contribution in [0, 0.1) is 11.6 Å². The van der Waals surface area contributed by atoms with Crippen molar-refractivity contribution in [2.24, 2.45) is 0 Å². The highest BCUT2D eigenvalue weighted by molar-refractivity contribution is 5.98. The number of carboxylic acid groups (broad SMARTS) is 1. The Morgan fingerprint density at radius 2 is 1.95 bits per heavy atom. The van der Waals surface area contributed by atoms with Crippen LogP contribution >= 0.6 is 0 Å². The van der Waals surface area contributed by atoms with E-state index in [2.05, 4.69) is 5.32 Å². The molecule has 2 rings (SSSR count). The van der Waals surface area contributed by atoms with Crippen molar-refractivity contribution in [2.75, 3.05) is 13.2 Å². The van der Waals surface area contributed by atoms with Crippen LogP contribution in [0.2, 0.25) is 0 Å². The minimum absolute atomic E-state index is 0.0458. The number of halogens is 2. The summed E-state index contributed by atoms with van der Waals surface area (Å²) in [6.45, 7) is -0.0729. The lowest BCUT2D eigenvalue weighted by Gasteiger charge is -2.23. The molecule has 5 nitrogen and oxygen atoms in total. The molecule has 1 aromatic carbocycles. The molecule has 1 atom stereocenters. The number of amides is 1. The standard InChI is InChI=1S/C12H11F2NO4/c13-7-2-1-3-8(14)9(7)10(16)15-12(11(17)18)4-5-19-6-12/h1-3H,4-6H2,(H,15,16)(H,17,18). The van der Waals surface area contributed by atoms with Gasteiger partial charge < -0.3 is 15.2 Å². The lowest BCUT2D eigenvalue weighted by molar-refractivity contribution is -0.144. The number of hydrogen-bond acceptors (Lipinski definition) is 3. The van der Waals surface area contributed by atoms with Crippen LogP contribution < -0.4 is 5.32 Å². The van der Waals surface area contributed by atoms with Crippen LogP contribution in [0.1, 0.15) is 16.8 Å². The Kier molecular flexibility index (Phi) is 3.48. The monoisotopic (exact) mass is 271 g/mol. The van der Waals surface area contributed by atoms with E-state index in [-0.39, 0.29) is 19.6 Å². The highest BCUT2D eigenvalue weighted by atomic mass is 19.1. The topological polar surface area (TPSA) is 75.6 Å². The molecule has 0 aromatic heterocycles. The first-order valence-electron chi connectivity index (χ1n) is 5.54. The van der Waals surface area contributed by atoms with Gasteiger partial charge in [-0.25, -0.2) is 13.6 Å². The molecule has 1 aliphatic heterocycles. The molecule has 0 radical (unpaired) electrons. The van der Waals surface area contributed by atoms with Gasteiger partial charge >= 0.3 is 5.97 Å². The predicted octanol–water partition coefficient (Wildman–Crippen LogP) is 0.938. The van der Waals surface area contributed by atoms with Gasteiger partial charge in [0, 0.05) is 13.0 Å². The van der Waals surface area contributed by atoms with Crippen molar-refractivity contribution in [1.82, 2.24) is 5.32 Å². The van der Waals surface area contributed by atoms with Gasteiger partial charge in [-0.05, 0) is 12.1 Å². The largest absolute Gasteiger partial charge is 0.479 e. The van der Waals surface area contributed by atoms with Gasteiger partial charge in [0.15, 0.2) is 5.54 Å². The average molecular weight is 271 g/mol. The number of carbonyl (C=O) groups is 2. The highest BCUT2D eigenvalue weighted by Gasteiger charge is 2.44. The molecule has 1 fully saturated rings. The van der Waals surface area contributed by atoms with E-state index in [0.717, 1.165) is 18.2 Å². The van der Waals surface area contributed by atoms with Crippen molar-refractivity contribution in [3.63, 3.8) is 0 Å². The molecule has 1 aromatic rings. The zero-order valence-corrected chi connectivity index (χ0v) is 9.78. The van der Waals surface area contributed by atoms with E-state index in [1.165, 1.54) is 0 Å². The molecule has 1 unspecified atom stereocenters. The summed E-state index contributed by atoms with van der Waals surface area (Å²) in [5.41, 5.74) is -2.43. The molecule has 1 aliphatic rings. The first kappa shape index (κ1) is 13.4. The average Bonchev–Trinajstić information content (AvgIpc) is 2.78. The highest BCUT2D eigenvalue weighted by Crippen LogP contribution is 2.21. The first-order chi connectivity index (χ1) is 8.96. The fourth-order valence-corrected chi connectivity index (χ4v) is 1.88. The molecule has 1 heterocycles. The Hall–Kier alpha value is -2.02. The Labute approximate surface area is 107 Å². The second kappa shape index (κ2) is 4.93. The minimum Gasteiger partial charge on any atom is -0.479 e. The molecular weight excluding hydrogens is 260 g/mol. The van der Waals surface area contributed by atoms with Crippen LogP contribution in [0.5, 0.6) is 0 Å². The molecule has 0 aliphatic carbocycles. The van der Waals surface area contributed by atoms with E-state index < -0.39 is 34.6 Å². The van der Waals surface area contributed by atoms with Crippen LogP contribution in [-0.2, 0) is 9.53 Å². The van der Waals surface area contributed by atoms with Crippen LogP contribution in [0.25, 0.3) is 0 Å². The maximum atomic E-state index is 13.4. The number of carbonyl (C=O) groups excluding carboxylic acids is 1. The van der Waals surface area contributed by atoms with Gasteiger partial charge in [-0.1, -0.05) is 6.07 Å². The molecule has 1 saturated heterocycles. The summed E-state index contributed by atoms with van der Waals surface area (Å²) in [5.74, 6) is -4.49. The molecule has 0 bridgehead atoms. The Bertz CT molecular complexity index is 506. The Morgan fingerprint density at radius 1 is 1.32 bits per heavy atom. The number of aliphatic carboxylic acids is 1. The van der Waals surface area contributed by atoms with E-state index >= 15 is 0 Å². The predicted molar refractivity (Wildman–Crippen MR) is 59.6 cm³/mol. The Balaban J connectivity index is 2.28. The van der Waals surface area contributed by atoms with E-state index in [1.807, 2.05) is 0 Å². The molecule has 1 amide bonds. The van der Waals surface area contributed by atoms with Gasteiger partial charge in [0.25, 0.3) is 5.91 Å². The quantitative estimate of drug-likeness (QED) is 0.857. The molecule has 0 spiro atoms. The maximum Gasteiger partial charge on any atom is 0.331 e. The van der Waals surface area contributed by atoms with E-state index in [4.69, 9.17) is 9.84 Å². The Morgan fingerprint density at radius 3 is 2.42 bits per heavy atom. The fourth-order valence-electron chi connectivity index (χ4n) is 1.88. The van der Waals surface area contributed by atoms with Gasteiger partial charge in [0.1, 0.15) is 17.2 Å². The molecule has 102 valence electrons. The maximum absolute atomic E-state index is 13.4. The summed E-state index contributed by atoms with van der Waals surface area (Å²) in [6.07, 6.45) is 0.0458. The summed E-state index contributed by atoms with van der Waals surface area (Å²) in [7, 11) is 0. The van der Waals surface area contributed by atoms with Crippen LogP contribution in [-0.4, -0.2) is 35.7 Å². The van der Waals surface area contributed by atoms with E-state index in [9.17, 15) is 18.4 Å². The van der Waals surface area contributed by atoms with Crippen molar-refractivity contribution in [1.29, 1.82) is 0 Å². The smallest absolute Gasteiger partial charge is 0.331 e. The van der Waals surface area contributed by atoms with Crippen molar-refractivity contribution >= 4 is 11.9 Å². The summed E-state index contributed by atoms with van der Waals surface area (Å²) in [6, 6.07) is 2.97. The zero-order valence-electron chi connectivity index (χ0n) is 9.78. The van der Waals surface area contributed by atoms with Gasteiger partial charge in [-0.2, -0.15) is 0 Å². The van der Waals surface area contributed by atoms with Crippen molar-refractivity contribution in [3.05, 3.63) is 35.4 Å². The number of benzene rings is 1. The number of nitrogens with one attached hydrogen (secondary N) is 1. The molecule has 0 saturated carbocycles. The van der Waals surface area contributed by atoms with Gasteiger partial charge in [-0.15, -0.1) is 0 Å². The van der Waals surface area contributed by atoms with Crippen molar-refractivity contribution < 1.29 is 28.2 Å². The number of hydrogen-bond donors (Lipinski definition) is 2. The van der Waals surface area contributed by atoms with Crippen molar-refractivity contribution in [3.8, 4) is 0 Å². The molecule has 7 heteroatoms. The third-order valence-electron chi connectivity index (χ3n) is 2.97. The number of rotatable bonds is 3. The third-order valence-corrected chi connectivity index (χ3v) is 2.97. The lowest BCUT2D eigenvalue weighted by Crippen LogP contribution is -2.55. The normalized spacial score (nSPS) is 22.2. The summed E-state index contributed by atoms with van der Waals surface area (Å²) in [4.78, 5) is 23.0. The van der Waals surface area contributed by atoms with Gasteiger partial charge in [0.05, 0.1) is 6.61 Å². The lowest BCUT2D eigenvalue weighted by atomic mass is 9.98. The molecule has 19 heavy (non-hydrogen) atoms. The first-order valence-corrected chi connectivity index (χ1v) is 5.54. The second-order valence-electron chi connectivity index (χ2n) is 4.24. The number of carboxylic acids is 1. The van der Waals surface area contributed by atoms with E-state index in [1.54, 1.807) is 0 Å². The zero-order chi connectivity index (χ0) is 14.0. The van der Waals surface area contributed by atoms with E-state index in [0.29, 0.717) is 0 Å². The fraction of sp³-hybridized carbons (Fsp3) is 0.333. The summed E-state index contributed by atoms with van der Waals surface area (Å²) < 4.78 is 31.8. The van der Waals surface area contributed by atoms with Crippen LogP contribution in [0.4, 0.5) is 8.78 Å². The molecular formula is C12H11F2NO4. The minimum atomic E-state index is -1.63. The molecule has 2 N–H and O–H groups in total. The SMILES string of the molecule is O=C(NC1(C(=O)O)CCOC1)c1c(F)cccc1F. The van der Waals surface area contributed by atoms with Crippen LogP contribution in [0.3, 0.4) is 0 Å². The third kappa shape index (κ3) is 2.41. The van der Waals surface area contributed by atoms with Crippen LogP contribution in [0.15, 0.2) is 18.2 Å². The summed E-state index contributed by atoms with van der Waals surface area (Å²) in [5, 5.41) is 11.3.